The van der Waals surface area contributed by atoms with Gasteiger partial charge in [-0.15, -0.1) is 0 Å². The number of nitrogens with zero attached hydrogens (tertiary/aromatic N) is 2. The minimum atomic E-state index is -1.08. The Labute approximate surface area is 169 Å². The first-order valence-corrected chi connectivity index (χ1v) is 8.81. The number of hydrogen-bond acceptors (Lipinski definition) is 6. The molecule has 2 aromatic carbocycles. The summed E-state index contributed by atoms with van der Waals surface area (Å²) in [6.45, 7) is 0.195. The van der Waals surface area contributed by atoms with Gasteiger partial charge in [0.15, 0.2) is 0 Å². The van der Waals surface area contributed by atoms with E-state index in [0.717, 1.165) is 11.0 Å². The lowest BCUT2D eigenvalue weighted by molar-refractivity contribution is -0.384. The van der Waals surface area contributed by atoms with E-state index in [1.54, 1.807) is 0 Å². The molecule has 0 radical (unpaired) electrons. The molecule has 11 nitrogen and oxygen atoms in total. The van der Waals surface area contributed by atoms with E-state index in [2.05, 4.69) is 10.6 Å². The number of carboxylic acid groups (broad SMARTS) is 1. The van der Waals surface area contributed by atoms with Crippen LogP contribution in [0.15, 0.2) is 42.5 Å². The van der Waals surface area contributed by atoms with Crippen LogP contribution in [0, 0.1) is 10.1 Å². The average Bonchev–Trinajstić information content (AvgIpc) is 2.95. The Morgan fingerprint density at radius 2 is 1.70 bits per heavy atom. The van der Waals surface area contributed by atoms with Gasteiger partial charge in [0, 0.05) is 30.9 Å². The third kappa shape index (κ3) is 4.24. The van der Waals surface area contributed by atoms with Crippen molar-refractivity contribution in [2.45, 2.75) is 6.42 Å². The summed E-state index contributed by atoms with van der Waals surface area (Å²) >= 11 is 0. The zero-order chi connectivity index (χ0) is 21.8. The number of amides is 4. The summed E-state index contributed by atoms with van der Waals surface area (Å²) in [6, 6.07) is 8.57. The summed E-state index contributed by atoms with van der Waals surface area (Å²) in [7, 11) is 0. The minimum absolute atomic E-state index is 0.00953. The van der Waals surface area contributed by atoms with E-state index in [-0.39, 0.29) is 41.9 Å². The van der Waals surface area contributed by atoms with E-state index in [4.69, 9.17) is 5.11 Å². The van der Waals surface area contributed by atoms with Crippen LogP contribution in [0.25, 0.3) is 0 Å². The number of anilines is 1. The molecule has 1 heterocycles. The van der Waals surface area contributed by atoms with Crippen molar-refractivity contribution >= 4 is 35.2 Å². The molecule has 0 saturated heterocycles. The molecular formula is C19H16N4O7. The Bertz CT molecular complexity index is 1050. The van der Waals surface area contributed by atoms with Gasteiger partial charge in [-0.2, -0.15) is 0 Å². The van der Waals surface area contributed by atoms with Gasteiger partial charge in [0.1, 0.15) is 0 Å². The fourth-order valence-electron chi connectivity index (χ4n) is 2.91. The van der Waals surface area contributed by atoms with Crippen LogP contribution in [0.5, 0.6) is 0 Å². The molecule has 0 unspecified atom stereocenters. The van der Waals surface area contributed by atoms with Gasteiger partial charge in [-0.3, -0.25) is 24.6 Å². The number of non-ortho nitro benzene ring substituents is 1. The highest BCUT2D eigenvalue weighted by atomic mass is 16.6. The molecule has 30 heavy (non-hydrogen) atoms. The van der Waals surface area contributed by atoms with Crippen molar-refractivity contribution in [3.63, 3.8) is 0 Å². The number of nitro benzene ring substituents is 1. The van der Waals surface area contributed by atoms with Crippen LogP contribution in [0.2, 0.25) is 0 Å². The fraction of sp³-hybridized carbons (Fsp3) is 0.158. The lowest BCUT2D eigenvalue weighted by Gasteiger charge is -2.14. The average molecular weight is 412 g/mol. The molecule has 0 fully saturated rings. The Morgan fingerprint density at radius 3 is 2.33 bits per heavy atom. The molecule has 3 N–H and O–H groups in total. The Morgan fingerprint density at radius 1 is 1.03 bits per heavy atom. The SMILES string of the molecule is O=C(NCCCN1C(=O)c2ccc([N+](=O)[O-])cc2C1=O)Nc1ccc(C(=O)O)cc1. The molecule has 4 amide bonds. The van der Waals surface area contributed by atoms with Crippen LogP contribution in [-0.2, 0) is 0 Å². The highest BCUT2D eigenvalue weighted by Crippen LogP contribution is 2.26. The van der Waals surface area contributed by atoms with Gasteiger partial charge in [0.05, 0.1) is 21.6 Å². The summed E-state index contributed by atoms with van der Waals surface area (Å²) in [5, 5.41) is 24.8. The van der Waals surface area contributed by atoms with Crippen LogP contribution < -0.4 is 10.6 Å². The largest absolute Gasteiger partial charge is 0.478 e. The van der Waals surface area contributed by atoms with Crippen molar-refractivity contribution in [1.82, 2.24) is 10.2 Å². The quantitative estimate of drug-likeness (QED) is 0.272. The first kappa shape index (κ1) is 20.5. The molecule has 0 spiro atoms. The first-order valence-electron chi connectivity index (χ1n) is 8.81. The van der Waals surface area contributed by atoms with Crippen molar-refractivity contribution in [2.75, 3.05) is 18.4 Å². The third-order valence-electron chi connectivity index (χ3n) is 4.40. The van der Waals surface area contributed by atoms with E-state index in [1.807, 2.05) is 0 Å². The van der Waals surface area contributed by atoms with Crippen molar-refractivity contribution in [1.29, 1.82) is 0 Å². The summed E-state index contributed by atoms with van der Waals surface area (Å²) in [5.41, 5.74) is 0.323. The zero-order valence-electron chi connectivity index (χ0n) is 15.5. The Balaban J connectivity index is 1.49. The van der Waals surface area contributed by atoms with Crippen LogP contribution >= 0.6 is 0 Å². The molecule has 0 saturated carbocycles. The number of nitrogens with one attached hydrogen (secondary N) is 2. The van der Waals surface area contributed by atoms with E-state index in [0.29, 0.717) is 5.69 Å². The summed E-state index contributed by atoms with van der Waals surface area (Å²) in [6.07, 6.45) is 0.277. The number of carbonyl (C=O) groups is 4. The van der Waals surface area contributed by atoms with Gasteiger partial charge in [-0.25, -0.2) is 9.59 Å². The molecule has 1 aliphatic heterocycles. The number of urea groups is 1. The van der Waals surface area contributed by atoms with E-state index >= 15 is 0 Å². The van der Waals surface area contributed by atoms with Gasteiger partial charge < -0.3 is 15.7 Å². The molecule has 0 aromatic heterocycles. The summed E-state index contributed by atoms with van der Waals surface area (Å²) in [5.74, 6) is -2.22. The number of hydrogen-bond donors (Lipinski definition) is 3. The highest BCUT2D eigenvalue weighted by Gasteiger charge is 2.36. The zero-order valence-corrected chi connectivity index (χ0v) is 15.5. The maximum absolute atomic E-state index is 12.4. The standard InChI is InChI=1S/C19H16N4O7/c24-16-14-7-6-13(23(29)30)10-15(14)17(25)22(16)9-1-8-20-19(28)21-12-4-2-11(3-5-12)18(26)27/h2-7,10H,1,8-9H2,(H,26,27)(H2,20,21,28). The van der Waals surface area contributed by atoms with Gasteiger partial charge >= 0.3 is 12.0 Å². The molecule has 2 aromatic rings. The number of benzene rings is 2. The van der Waals surface area contributed by atoms with E-state index in [9.17, 15) is 29.3 Å². The number of carboxylic acids is 1. The Hall–Kier alpha value is -4.28. The van der Waals surface area contributed by atoms with Gasteiger partial charge in [0.2, 0.25) is 0 Å². The predicted molar refractivity (Wildman–Crippen MR) is 104 cm³/mol. The predicted octanol–water partition coefficient (Wildman–Crippen LogP) is 2.10. The second-order valence-electron chi connectivity index (χ2n) is 6.37. The molecule has 0 bridgehead atoms. The van der Waals surface area contributed by atoms with Gasteiger partial charge in [0.25, 0.3) is 17.5 Å². The van der Waals surface area contributed by atoms with E-state index in [1.165, 1.54) is 36.4 Å². The molecular weight excluding hydrogens is 396 g/mol. The number of aromatic carboxylic acids is 1. The molecule has 0 atom stereocenters. The van der Waals surface area contributed by atoms with Crippen molar-refractivity contribution < 1.29 is 29.2 Å². The monoisotopic (exact) mass is 412 g/mol. The molecule has 3 rings (SSSR count). The maximum Gasteiger partial charge on any atom is 0.335 e. The van der Waals surface area contributed by atoms with E-state index < -0.39 is 28.7 Å². The van der Waals surface area contributed by atoms with Crippen molar-refractivity contribution in [3.8, 4) is 0 Å². The molecule has 0 aliphatic carbocycles. The van der Waals surface area contributed by atoms with Crippen LogP contribution in [0.3, 0.4) is 0 Å². The number of fused-ring (bicyclic) bond motifs is 1. The second-order valence-corrected chi connectivity index (χ2v) is 6.37. The van der Waals surface area contributed by atoms with Crippen molar-refractivity contribution in [3.05, 3.63) is 69.3 Å². The maximum atomic E-state index is 12.4. The number of imide groups is 1. The number of rotatable bonds is 7. The van der Waals surface area contributed by atoms with Gasteiger partial charge in [-0.05, 0) is 36.8 Å². The Kier molecular flexibility index (Phi) is 5.72. The summed E-state index contributed by atoms with van der Waals surface area (Å²) < 4.78 is 0. The fourth-order valence-corrected chi connectivity index (χ4v) is 2.91. The lowest BCUT2D eigenvalue weighted by Crippen LogP contribution is -2.35. The van der Waals surface area contributed by atoms with Crippen LogP contribution in [0.1, 0.15) is 37.5 Å². The number of nitro groups is 1. The summed E-state index contributed by atoms with van der Waals surface area (Å²) in [4.78, 5) is 58.6. The normalized spacial score (nSPS) is 12.5. The van der Waals surface area contributed by atoms with Crippen LogP contribution in [0.4, 0.5) is 16.2 Å². The molecule has 1 aliphatic rings. The van der Waals surface area contributed by atoms with Crippen molar-refractivity contribution in [2.24, 2.45) is 0 Å². The molecule has 11 heteroatoms. The topological polar surface area (TPSA) is 159 Å². The molecule has 154 valence electrons. The first-order chi connectivity index (χ1) is 14.3. The highest BCUT2D eigenvalue weighted by molar-refractivity contribution is 6.21. The van der Waals surface area contributed by atoms with Gasteiger partial charge in [-0.1, -0.05) is 0 Å². The second kappa shape index (κ2) is 8.39. The number of carbonyl (C=O) groups excluding carboxylic acids is 3. The third-order valence-corrected chi connectivity index (χ3v) is 4.40. The minimum Gasteiger partial charge on any atom is -0.478 e. The lowest BCUT2D eigenvalue weighted by atomic mass is 10.1. The van der Waals surface area contributed by atoms with Crippen LogP contribution in [-0.4, -0.2) is 51.8 Å². The smallest absolute Gasteiger partial charge is 0.335 e.